The molecule has 1 aliphatic rings. The van der Waals surface area contributed by atoms with Crippen molar-refractivity contribution >= 4 is 11.3 Å². The maximum Gasteiger partial charge on any atom is 0.137 e. The number of rotatable bonds is 5. The number of hydrogen-bond donors (Lipinski definition) is 0. The molecule has 0 spiro atoms. The SMILES string of the molecule is c1ccc(-c2nc(CN3CCOC(Cn4cncn4)C3)cs2)cc1. The zero-order chi connectivity index (χ0) is 16.2. The standard InChI is InChI=1S/C17H19N5OS/c1-2-4-14(5-3-1)17-20-15(11-24-17)8-21-6-7-23-16(9-21)10-22-13-18-12-19-22/h1-5,11-13,16H,6-10H2. The third-order valence-corrected chi connectivity index (χ3v) is 4.98. The van der Waals surface area contributed by atoms with Crippen molar-refractivity contribution in [2.45, 2.75) is 19.2 Å². The molecule has 3 heterocycles. The fraction of sp³-hybridized carbons (Fsp3) is 0.353. The van der Waals surface area contributed by atoms with Crippen molar-refractivity contribution in [2.75, 3.05) is 19.7 Å². The average molecular weight is 341 g/mol. The number of nitrogens with zero attached hydrogens (tertiary/aromatic N) is 5. The summed E-state index contributed by atoms with van der Waals surface area (Å²) in [5.41, 5.74) is 2.31. The molecule has 124 valence electrons. The molecule has 1 unspecified atom stereocenters. The zero-order valence-corrected chi connectivity index (χ0v) is 14.1. The van der Waals surface area contributed by atoms with E-state index in [2.05, 4.69) is 32.5 Å². The van der Waals surface area contributed by atoms with Crippen molar-refractivity contribution in [3.05, 3.63) is 54.1 Å². The maximum atomic E-state index is 5.85. The first-order valence-corrected chi connectivity index (χ1v) is 8.91. The predicted octanol–water partition coefficient (Wildman–Crippen LogP) is 2.30. The van der Waals surface area contributed by atoms with Crippen LogP contribution in [0, 0.1) is 0 Å². The second kappa shape index (κ2) is 7.21. The zero-order valence-electron chi connectivity index (χ0n) is 13.3. The molecule has 24 heavy (non-hydrogen) atoms. The van der Waals surface area contributed by atoms with Gasteiger partial charge < -0.3 is 4.74 Å². The van der Waals surface area contributed by atoms with Crippen LogP contribution in [-0.4, -0.2) is 50.4 Å². The predicted molar refractivity (Wildman–Crippen MR) is 92.6 cm³/mol. The van der Waals surface area contributed by atoms with E-state index in [9.17, 15) is 0 Å². The Morgan fingerprint density at radius 2 is 2.17 bits per heavy atom. The van der Waals surface area contributed by atoms with Crippen LogP contribution >= 0.6 is 11.3 Å². The Kier molecular flexibility index (Phi) is 4.64. The minimum absolute atomic E-state index is 0.146. The van der Waals surface area contributed by atoms with Crippen LogP contribution in [0.15, 0.2) is 48.4 Å². The van der Waals surface area contributed by atoms with E-state index in [1.54, 1.807) is 24.0 Å². The van der Waals surface area contributed by atoms with Crippen molar-refractivity contribution < 1.29 is 4.74 Å². The van der Waals surface area contributed by atoms with Gasteiger partial charge in [0.05, 0.1) is 24.9 Å². The Bertz CT molecular complexity index is 758. The van der Waals surface area contributed by atoms with Crippen LogP contribution in [0.25, 0.3) is 10.6 Å². The molecule has 0 amide bonds. The van der Waals surface area contributed by atoms with E-state index in [1.165, 1.54) is 5.56 Å². The maximum absolute atomic E-state index is 5.85. The van der Waals surface area contributed by atoms with E-state index in [1.807, 2.05) is 22.9 Å². The lowest BCUT2D eigenvalue weighted by Crippen LogP contribution is -2.43. The lowest BCUT2D eigenvalue weighted by Gasteiger charge is -2.32. The van der Waals surface area contributed by atoms with Gasteiger partial charge in [-0.05, 0) is 0 Å². The molecule has 6 nitrogen and oxygen atoms in total. The largest absolute Gasteiger partial charge is 0.374 e. The first-order chi connectivity index (χ1) is 11.9. The van der Waals surface area contributed by atoms with Gasteiger partial charge in [-0.3, -0.25) is 9.58 Å². The molecule has 3 aromatic rings. The van der Waals surface area contributed by atoms with E-state index in [4.69, 9.17) is 9.72 Å². The molecule has 1 aromatic carbocycles. The summed E-state index contributed by atoms with van der Waals surface area (Å²) in [7, 11) is 0. The number of thiazole rings is 1. The van der Waals surface area contributed by atoms with Gasteiger partial charge in [-0.2, -0.15) is 5.10 Å². The first kappa shape index (κ1) is 15.4. The topological polar surface area (TPSA) is 56.1 Å². The van der Waals surface area contributed by atoms with E-state index >= 15 is 0 Å². The van der Waals surface area contributed by atoms with Gasteiger partial charge in [0.15, 0.2) is 0 Å². The Labute approximate surface area is 144 Å². The van der Waals surface area contributed by atoms with Crippen LogP contribution in [0.4, 0.5) is 0 Å². The average Bonchev–Trinajstić information content (AvgIpc) is 3.28. The molecule has 0 N–H and O–H groups in total. The first-order valence-electron chi connectivity index (χ1n) is 8.03. The Hall–Kier alpha value is -2.09. The fourth-order valence-electron chi connectivity index (χ4n) is 2.89. The number of ether oxygens (including phenoxy) is 1. The van der Waals surface area contributed by atoms with Gasteiger partial charge in [-0.25, -0.2) is 9.97 Å². The molecule has 0 aliphatic carbocycles. The van der Waals surface area contributed by atoms with Gasteiger partial charge in [0.1, 0.15) is 17.7 Å². The molecule has 1 aliphatic heterocycles. The number of hydrogen-bond acceptors (Lipinski definition) is 6. The van der Waals surface area contributed by atoms with Gasteiger partial charge in [-0.15, -0.1) is 11.3 Å². The summed E-state index contributed by atoms with van der Waals surface area (Å²) in [6.45, 7) is 4.17. The van der Waals surface area contributed by atoms with Crippen LogP contribution in [0.2, 0.25) is 0 Å². The number of morpholine rings is 1. The summed E-state index contributed by atoms with van der Waals surface area (Å²) in [5, 5.41) is 7.39. The van der Waals surface area contributed by atoms with Crippen molar-refractivity contribution in [2.24, 2.45) is 0 Å². The summed E-state index contributed by atoms with van der Waals surface area (Å²) in [6.07, 6.45) is 3.43. The Morgan fingerprint density at radius 3 is 3.00 bits per heavy atom. The smallest absolute Gasteiger partial charge is 0.137 e. The Balaban J connectivity index is 1.37. The number of aromatic nitrogens is 4. The summed E-state index contributed by atoms with van der Waals surface area (Å²) >= 11 is 1.70. The molecular formula is C17H19N5OS. The van der Waals surface area contributed by atoms with Gasteiger partial charge in [0, 0.05) is 30.6 Å². The van der Waals surface area contributed by atoms with E-state index in [-0.39, 0.29) is 6.10 Å². The van der Waals surface area contributed by atoms with Gasteiger partial charge in [0.2, 0.25) is 0 Å². The van der Waals surface area contributed by atoms with Crippen molar-refractivity contribution in [1.82, 2.24) is 24.6 Å². The van der Waals surface area contributed by atoms with Gasteiger partial charge in [-0.1, -0.05) is 30.3 Å². The quantitative estimate of drug-likeness (QED) is 0.713. The van der Waals surface area contributed by atoms with Crippen molar-refractivity contribution in [3.8, 4) is 10.6 Å². The van der Waals surface area contributed by atoms with Crippen LogP contribution in [0.3, 0.4) is 0 Å². The van der Waals surface area contributed by atoms with Crippen molar-refractivity contribution in [1.29, 1.82) is 0 Å². The molecule has 1 fully saturated rings. The van der Waals surface area contributed by atoms with Crippen LogP contribution in [-0.2, 0) is 17.8 Å². The van der Waals surface area contributed by atoms with Crippen molar-refractivity contribution in [3.63, 3.8) is 0 Å². The summed E-state index contributed by atoms with van der Waals surface area (Å²) in [5.74, 6) is 0. The molecule has 2 aromatic heterocycles. The lowest BCUT2D eigenvalue weighted by molar-refractivity contribution is -0.0405. The second-order valence-electron chi connectivity index (χ2n) is 5.86. The third-order valence-electron chi connectivity index (χ3n) is 4.04. The highest BCUT2D eigenvalue weighted by molar-refractivity contribution is 7.13. The van der Waals surface area contributed by atoms with Crippen LogP contribution in [0.5, 0.6) is 0 Å². The third kappa shape index (κ3) is 3.69. The summed E-state index contributed by atoms with van der Waals surface area (Å²) in [4.78, 5) is 11.2. The van der Waals surface area contributed by atoms with Crippen LogP contribution < -0.4 is 0 Å². The number of benzene rings is 1. The summed E-state index contributed by atoms with van der Waals surface area (Å²) < 4.78 is 7.67. The molecule has 7 heteroatoms. The highest BCUT2D eigenvalue weighted by Gasteiger charge is 2.22. The molecule has 1 atom stereocenters. The van der Waals surface area contributed by atoms with Crippen LogP contribution in [0.1, 0.15) is 5.69 Å². The van der Waals surface area contributed by atoms with E-state index in [0.717, 1.165) is 43.5 Å². The molecule has 0 radical (unpaired) electrons. The Morgan fingerprint density at radius 1 is 1.25 bits per heavy atom. The minimum atomic E-state index is 0.146. The molecule has 4 rings (SSSR count). The van der Waals surface area contributed by atoms with E-state index < -0.39 is 0 Å². The molecule has 0 bridgehead atoms. The van der Waals surface area contributed by atoms with E-state index in [0.29, 0.717) is 0 Å². The van der Waals surface area contributed by atoms with Gasteiger partial charge in [0.25, 0.3) is 0 Å². The highest BCUT2D eigenvalue weighted by atomic mass is 32.1. The highest BCUT2D eigenvalue weighted by Crippen LogP contribution is 2.24. The molecule has 0 saturated carbocycles. The lowest BCUT2D eigenvalue weighted by atomic mass is 10.2. The second-order valence-corrected chi connectivity index (χ2v) is 6.71. The summed E-state index contributed by atoms with van der Waals surface area (Å²) in [6, 6.07) is 10.3. The van der Waals surface area contributed by atoms with Gasteiger partial charge >= 0.3 is 0 Å². The molecule has 1 saturated heterocycles. The normalized spacial score (nSPS) is 18.8. The monoisotopic (exact) mass is 341 g/mol. The minimum Gasteiger partial charge on any atom is -0.374 e. The fourth-order valence-corrected chi connectivity index (χ4v) is 3.71. The molecular weight excluding hydrogens is 322 g/mol.